The summed E-state index contributed by atoms with van der Waals surface area (Å²) in [5.74, 6) is 0.997. The van der Waals surface area contributed by atoms with Crippen LogP contribution in [0.15, 0.2) is 4.42 Å². The van der Waals surface area contributed by atoms with E-state index in [9.17, 15) is 0 Å². The summed E-state index contributed by atoms with van der Waals surface area (Å²) in [6.07, 6.45) is 4.48. The molecule has 10 heavy (non-hydrogen) atoms. The Balaban J connectivity index is 2.50. The zero-order chi connectivity index (χ0) is 6.97. The topological polar surface area (TPSA) is 52.8 Å². The molecule has 3 nitrogen and oxygen atoms in total. The molecule has 54 valence electrons. The molecule has 2 N–H and O–H groups in total. The average Bonchev–Trinajstić information content (AvgIpc) is 2.27. The Morgan fingerprint density at radius 2 is 2.10 bits per heavy atom. The van der Waals surface area contributed by atoms with Crippen LogP contribution in [0.5, 0.6) is 0 Å². The second kappa shape index (κ2) is 2.01. The van der Waals surface area contributed by atoms with Gasteiger partial charge in [-0.25, -0.2) is 0 Å². The maximum atomic E-state index is 7.17. The van der Waals surface area contributed by atoms with Crippen LogP contribution in [-0.4, -0.2) is 4.98 Å². The van der Waals surface area contributed by atoms with Crippen LogP contribution in [0.3, 0.4) is 0 Å². The van der Waals surface area contributed by atoms with Crippen LogP contribution in [0.4, 0.5) is 0 Å². The summed E-state index contributed by atoms with van der Waals surface area (Å²) < 4.78 is 5.12. The van der Waals surface area contributed by atoms with Crippen molar-refractivity contribution in [1.29, 1.82) is 5.41 Å². The van der Waals surface area contributed by atoms with Crippen LogP contribution < -0.4 is 5.68 Å². The summed E-state index contributed by atoms with van der Waals surface area (Å²) in [5, 5.41) is 7.17. The lowest BCUT2D eigenvalue weighted by Crippen LogP contribution is -2.00. The monoisotopic (exact) mass is 138 g/mol. The molecule has 1 aromatic heterocycles. The molecule has 0 fully saturated rings. The lowest BCUT2D eigenvalue weighted by molar-refractivity contribution is 0.432. The number of aromatic nitrogens is 1. The maximum Gasteiger partial charge on any atom is 0.291 e. The Morgan fingerprint density at radius 1 is 1.30 bits per heavy atom. The number of hydrogen-bond donors (Lipinski definition) is 2. The highest BCUT2D eigenvalue weighted by Gasteiger charge is 2.12. The first-order valence-electron chi connectivity index (χ1n) is 3.62. The third-order valence-corrected chi connectivity index (χ3v) is 1.91. The summed E-state index contributed by atoms with van der Waals surface area (Å²) >= 11 is 0. The molecule has 0 aromatic carbocycles. The van der Waals surface area contributed by atoms with Crippen molar-refractivity contribution in [2.45, 2.75) is 25.7 Å². The average molecular weight is 138 g/mol. The van der Waals surface area contributed by atoms with E-state index >= 15 is 0 Å². The van der Waals surface area contributed by atoms with E-state index in [1.165, 1.54) is 12.8 Å². The Morgan fingerprint density at radius 3 is 2.90 bits per heavy atom. The molecule has 0 atom stereocenters. The van der Waals surface area contributed by atoms with E-state index in [2.05, 4.69) is 4.98 Å². The molecule has 1 heterocycles. The van der Waals surface area contributed by atoms with E-state index < -0.39 is 0 Å². The highest BCUT2D eigenvalue weighted by atomic mass is 16.4. The van der Waals surface area contributed by atoms with Crippen molar-refractivity contribution < 1.29 is 4.42 Å². The van der Waals surface area contributed by atoms with Crippen molar-refractivity contribution in [1.82, 2.24) is 4.98 Å². The van der Waals surface area contributed by atoms with Gasteiger partial charge in [-0.2, -0.15) is 0 Å². The quantitative estimate of drug-likeness (QED) is 0.551. The summed E-state index contributed by atoms with van der Waals surface area (Å²) in [6, 6.07) is 0. The third-order valence-electron chi connectivity index (χ3n) is 1.91. The van der Waals surface area contributed by atoms with Crippen LogP contribution in [0.2, 0.25) is 0 Å². The van der Waals surface area contributed by atoms with Crippen LogP contribution >= 0.6 is 0 Å². The van der Waals surface area contributed by atoms with Crippen molar-refractivity contribution in [2.24, 2.45) is 0 Å². The molecule has 1 aromatic rings. The van der Waals surface area contributed by atoms with Gasteiger partial charge in [-0.05, 0) is 19.3 Å². The smallest absolute Gasteiger partial charge is 0.291 e. The van der Waals surface area contributed by atoms with E-state index in [0.29, 0.717) is 0 Å². The zero-order valence-corrected chi connectivity index (χ0v) is 5.74. The standard InChI is InChI=1S/C7H10N2O/c8-7-9-5-3-1-2-4-6(5)10-7/h1-4H2,(H2,8,9). The first-order chi connectivity index (χ1) is 4.86. The van der Waals surface area contributed by atoms with E-state index in [-0.39, 0.29) is 5.68 Å². The van der Waals surface area contributed by atoms with Gasteiger partial charge in [-0.15, -0.1) is 0 Å². The fourth-order valence-electron chi connectivity index (χ4n) is 1.41. The van der Waals surface area contributed by atoms with Gasteiger partial charge in [-0.3, -0.25) is 5.41 Å². The van der Waals surface area contributed by atoms with E-state index in [4.69, 9.17) is 9.83 Å². The number of hydrogen-bond acceptors (Lipinski definition) is 2. The Kier molecular flexibility index (Phi) is 1.16. The minimum Gasteiger partial charge on any atom is -0.429 e. The molecule has 0 saturated heterocycles. The number of oxazole rings is 1. The van der Waals surface area contributed by atoms with Crippen LogP contribution in [-0.2, 0) is 12.8 Å². The second-order valence-electron chi connectivity index (χ2n) is 2.67. The number of rotatable bonds is 0. The molecule has 0 radical (unpaired) electrons. The normalized spacial score (nSPS) is 16.8. The molecule has 1 aliphatic rings. The highest BCUT2D eigenvalue weighted by Crippen LogP contribution is 2.16. The van der Waals surface area contributed by atoms with E-state index in [1.54, 1.807) is 0 Å². The lowest BCUT2D eigenvalue weighted by Gasteiger charge is -2.06. The Bertz CT molecular complexity index is 258. The Hall–Kier alpha value is -0.990. The second-order valence-corrected chi connectivity index (χ2v) is 2.67. The number of fused-ring (bicyclic) bond motifs is 1. The fourth-order valence-corrected chi connectivity index (χ4v) is 1.41. The fraction of sp³-hybridized carbons (Fsp3) is 0.571. The largest absolute Gasteiger partial charge is 0.429 e. The highest BCUT2D eigenvalue weighted by molar-refractivity contribution is 5.09. The molecular weight excluding hydrogens is 128 g/mol. The number of aromatic amines is 1. The van der Waals surface area contributed by atoms with Crippen molar-refractivity contribution in [3.05, 3.63) is 17.1 Å². The van der Waals surface area contributed by atoms with Crippen LogP contribution in [0.1, 0.15) is 24.3 Å². The summed E-state index contributed by atoms with van der Waals surface area (Å²) in [4.78, 5) is 2.90. The number of aryl methyl sites for hydroxylation is 2. The van der Waals surface area contributed by atoms with Gasteiger partial charge in [0, 0.05) is 6.42 Å². The third kappa shape index (κ3) is 0.781. The van der Waals surface area contributed by atoms with Crippen LogP contribution in [0.25, 0.3) is 0 Å². The molecule has 0 spiro atoms. The molecular formula is C7H10N2O. The molecule has 2 rings (SSSR count). The summed E-state index contributed by atoms with van der Waals surface area (Å²) in [5.41, 5.74) is 1.34. The molecule has 0 aliphatic heterocycles. The molecule has 0 amide bonds. The van der Waals surface area contributed by atoms with Crippen molar-refractivity contribution >= 4 is 0 Å². The Labute approximate surface area is 58.6 Å². The summed E-state index contributed by atoms with van der Waals surface area (Å²) in [7, 11) is 0. The zero-order valence-electron chi connectivity index (χ0n) is 5.74. The summed E-state index contributed by atoms with van der Waals surface area (Å²) in [6.45, 7) is 0. The maximum absolute atomic E-state index is 7.17. The lowest BCUT2D eigenvalue weighted by atomic mass is 10.0. The van der Waals surface area contributed by atoms with Gasteiger partial charge >= 0.3 is 0 Å². The van der Waals surface area contributed by atoms with Crippen LogP contribution in [0, 0.1) is 5.41 Å². The number of nitrogens with one attached hydrogen (secondary N) is 2. The van der Waals surface area contributed by atoms with E-state index in [1.807, 2.05) is 0 Å². The van der Waals surface area contributed by atoms with Gasteiger partial charge in [0.1, 0.15) is 5.76 Å². The molecule has 0 unspecified atom stereocenters. The molecule has 0 bridgehead atoms. The van der Waals surface area contributed by atoms with Crippen molar-refractivity contribution in [3.63, 3.8) is 0 Å². The molecule has 3 heteroatoms. The minimum absolute atomic E-state index is 0.201. The first-order valence-corrected chi connectivity index (χ1v) is 3.62. The van der Waals surface area contributed by atoms with Gasteiger partial charge < -0.3 is 9.40 Å². The molecule has 1 aliphatic carbocycles. The SMILES string of the molecule is N=c1[nH]c2c(o1)CCCC2. The van der Waals surface area contributed by atoms with E-state index in [0.717, 1.165) is 24.3 Å². The molecule has 0 saturated carbocycles. The van der Waals surface area contributed by atoms with Crippen molar-refractivity contribution in [2.75, 3.05) is 0 Å². The van der Waals surface area contributed by atoms with Gasteiger partial charge in [-0.1, -0.05) is 0 Å². The van der Waals surface area contributed by atoms with Crippen molar-refractivity contribution in [3.8, 4) is 0 Å². The first kappa shape index (κ1) is 5.77. The number of H-pyrrole nitrogens is 1. The predicted molar refractivity (Wildman–Crippen MR) is 35.6 cm³/mol. The van der Waals surface area contributed by atoms with Gasteiger partial charge in [0.25, 0.3) is 5.68 Å². The predicted octanol–water partition coefficient (Wildman–Crippen LogP) is 0.966. The van der Waals surface area contributed by atoms with Gasteiger partial charge in [0.05, 0.1) is 5.69 Å². The van der Waals surface area contributed by atoms with Gasteiger partial charge in [0.15, 0.2) is 0 Å². The minimum atomic E-state index is 0.201. The van der Waals surface area contributed by atoms with Gasteiger partial charge in [0.2, 0.25) is 0 Å².